The van der Waals surface area contributed by atoms with Gasteiger partial charge in [0.25, 0.3) is 0 Å². The van der Waals surface area contributed by atoms with E-state index in [1.54, 1.807) is 23.1 Å². The van der Waals surface area contributed by atoms with Gasteiger partial charge < -0.3 is 10.0 Å². The lowest BCUT2D eigenvalue weighted by molar-refractivity contribution is -0.137. The van der Waals surface area contributed by atoms with Crippen molar-refractivity contribution < 1.29 is 22.7 Å². The Morgan fingerprint density at radius 2 is 1.56 bits per heavy atom. The summed E-state index contributed by atoms with van der Waals surface area (Å²) in [5, 5.41) is 10.2. The van der Waals surface area contributed by atoms with Crippen LogP contribution in [0.25, 0.3) is 0 Å². The first-order valence-electron chi connectivity index (χ1n) is 8.91. The molecule has 1 fully saturated rings. The number of anilines is 1. The predicted molar refractivity (Wildman–Crippen MR) is 96.1 cm³/mol. The van der Waals surface area contributed by atoms with Gasteiger partial charge in [-0.3, -0.25) is 4.90 Å². The molecule has 1 N–H and O–H groups in total. The molecular formula is C20H22F4N2O. The summed E-state index contributed by atoms with van der Waals surface area (Å²) >= 11 is 0. The molecule has 1 atom stereocenters. The van der Waals surface area contributed by atoms with Crippen molar-refractivity contribution in [3.8, 4) is 0 Å². The SMILES string of the molecule is OC(CCN1CCN(c2ccccc2C(F)(F)F)CC1)c1ccc(F)cc1. The Balaban J connectivity index is 1.53. The first kappa shape index (κ1) is 19.6. The minimum atomic E-state index is -4.37. The topological polar surface area (TPSA) is 26.7 Å². The molecule has 0 spiro atoms. The van der Waals surface area contributed by atoms with Crippen molar-refractivity contribution in [3.63, 3.8) is 0 Å². The molecule has 146 valence electrons. The summed E-state index contributed by atoms with van der Waals surface area (Å²) in [6, 6.07) is 11.4. The van der Waals surface area contributed by atoms with Gasteiger partial charge in [0.1, 0.15) is 5.82 Å². The van der Waals surface area contributed by atoms with Crippen molar-refractivity contribution >= 4 is 5.69 Å². The van der Waals surface area contributed by atoms with E-state index < -0.39 is 17.8 Å². The second kappa shape index (κ2) is 8.27. The van der Waals surface area contributed by atoms with Crippen LogP contribution in [-0.2, 0) is 6.18 Å². The maximum absolute atomic E-state index is 13.2. The van der Waals surface area contributed by atoms with Crippen molar-refractivity contribution in [2.45, 2.75) is 18.7 Å². The van der Waals surface area contributed by atoms with Gasteiger partial charge in [0.05, 0.1) is 11.7 Å². The van der Waals surface area contributed by atoms with Crippen molar-refractivity contribution in [1.82, 2.24) is 4.90 Å². The molecule has 1 aliphatic rings. The Labute approximate surface area is 155 Å². The van der Waals surface area contributed by atoms with Crippen LogP contribution in [-0.4, -0.2) is 42.7 Å². The second-order valence-electron chi connectivity index (χ2n) is 6.70. The number of halogens is 4. The van der Waals surface area contributed by atoms with E-state index in [1.165, 1.54) is 24.3 Å². The minimum Gasteiger partial charge on any atom is -0.388 e. The van der Waals surface area contributed by atoms with Gasteiger partial charge in [-0.1, -0.05) is 24.3 Å². The van der Waals surface area contributed by atoms with Gasteiger partial charge >= 0.3 is 6.18 Å². The molecule has 7 heteroatoms. The molecule has 0 saturated carbocycles. The summed E-state index contributed by atoms with van der Waals surface area (Å²) in [5.41, 5.74) is 0.273. The monoisotopic (exact) mass is 382 g/mol. The molecular weight excluding hydrogens is 360 g/mol. The third-order valence-electron chi connectivity index (χ3n) is 4.90. The Morgan fingerprint density at radius 3 is 2.19 bits per heavy atom. The van der Waals surface area contributed by atoms with E-state index in [4.69, 9.17) is 0 Å². The molecule has 0 amide bonds. The highest BCUT2D eigenvalue weighted by molar-refractivity contribution is 5.55. The number of alkyl halides is 3. The maximum Gasteiger partial charge on any atom is 0.418 e. The van der Waals surface area contributed by atoms with Crippen LogP contribution in [0.5, 0.6) is 0 Å². The third-order valence-corrected chi connectivity index (χ3v) is 4.90. The van der Waals surface area contributed by atoms with Gasteiger partial charge in [-0.2, -0.15) is 13.2 Å². The number of aliphatic hydroxyl groups is 1. The Morgan fingerprint density at radius 1 is 0.926 bits per heavy atom. The Hall–Kier alpha value is -2.12. The maximum atomic E-state index is 13.2. The third kappa shape index (κ3) is 4.99. The van der Waals surface area contributed by atoms with E-state index in [9.17, 15) is 22.7 Å². The lowest BCUT2D eigenvalue weighted by Gasteiger charge is -2.37. The molecule has 1 aliphatic heterocycles. The zero-order chi connectivity index (χ0) is 19.4. The fraction of sp³-hybridized carbons (Fsp3) is 0.400. The van der Waals surface area contributed by atoms with Gasteiger partial charge in [0.2, 0.25) is 0 Å². The van der Waals surface area contributed by atoms with Crippen LogP contribution in [0, 0.1) is 5.82 Å². The summed E-state index contributed by atoms with van der Waals surface area (Å²) in [4.78, 5) is 3.88. The number of benzene rings is 2. The molecule has 1 unspecified atom stereocenters. The molecule has 0 radical (unpaired) electrons. The van der Waals surface area contributed by atoms with Crippen LogP contribution in [0.15, 0.2) is 48.5 Å². The second-order valence-corrected chi connectivity index (χ2v) is 6.70. The normalized spacial score (nSPS) is 17.1. The quantitative estimate of drug-likeness (QED) is 0.789. The largest absolute Gasteiger partial charge is 0.418 e. The molecule has 0 aromatic heterocycles. The fourth-order valence-electron chi connectivity index (χ4n) is 3.36. The minimum absolute atomic E-state index is 0.219. The highest BCUT2D eigenvalue weighted by atomic mass is 19.4. The number of hydrogen-bond acceptors (Lipinski definition) is 3. The summed E-state index contributed by atoms with van der Waals surface area (Å²) in [7, 11) is 0. The number of para-hydroxylation sites is 1. The van der Waals surface area contributed by atoms with Crippen LogP contribution >= 0.6 is 0 Å². The van der Waals surface area contributed by atoms with Gasteiger partial charge in [0, 0.05) is 38.4 Å². The van der Waals surface area contributed by atoms with E-state index in [0.717, 1.165) is 6.07 Å². The summed E-state index contributed by atoms with van der Waals surface area (Å²) in [6.07, 6.45) is -4.56. The summed E-state index contributed by atoms with van der Waals surface area (Å²) < 4.78 is 52.5. The van der Waals surface area contributed by atoms with E-state index >= 15 is 0 Å². The first-order chi connectivity index (χ1) is 12.8. The van der Waals surface area contributed by atoms with Crippen molar-refractivity contribution in [1.29, 1.82) is 0 Å². The highest BCUT2D eigenvalue weighted by Crippen LogP contribution is 2.36. The van der Waals surface area contributed by atoms with Gasteiger partial charge in [-0.05, 0) is 36.2 Å². The van der Waals surface area contributed by atoms with Crippen LogP contribution in [0.1, 0.15) is 23.7 Å². The van der Waals surface area contributed by atoms with Crippen molar-refractivity contribution in [2.75, 3.05) is 37.6 Å². The first-order valence-corrected chi connectivity index (χ1v) is 8.91. The summed E-state index contributed by atoms with van der Waals surface area (Å²) in [5.74, 6) is -0.346. The van der Waals surface area contributed by atoms with Crippen LogP contribution in [0.2, 0.25) is 0 Å². The van der Waals surface area contributed by atoms with Crippen LogP contribution in [0.4, 0.5) is 23.2 Å². The number of nitrogens with zero attached hydrogens (tertiary/aromatic N) is 2. The molecule has 1 saturated heterocycles. The zero-order valence-corrected chi connectivity index (χ0v) is 14.8. The van der Waals surface area contributed by atoms with Gasteiger partial charge in [-0.25, -0.2) is 4.39 Å². The smallest absolute Gasteiger partial charge is 0.388 e. The molecule has 3 nitrogen and oxygen atoms in total. The fourth-order valence-corrected chi connectivity index (χ4v) is 3.36. The Bertz CT molecular complexity index is 740. The average Bonchev–Trinajstić information content (AvgIpc) is 2.66. The summed E-state index contributed by atoms with van der Waals surface area (Å²) in [6.45, 7) is 2.89. The Kier molecular flexibility index (Phi) is 6.01. The van der Waals surface area contributed by atoms with Crippen LogP contribution in [0.3, 0.4) is 0 Å². The lowest BCUT2D eigenvalue weighted by atomic mass is 10.1. The number of piperazine rings is 1. The van der Waals surface area contributed by atoms with Crippen molar-refractivity contribution in [2.24, 2.45) is 0 Å². The molecule has 1 heterocycles. The standard InChI is InChI=1S/C20H22F4N2O/c21-16-7-5-15(6-8-16)19(27)9-10-25-11-13-26(14-12-25)18-4-2-1-3-17(18)20(22,23)24/h1-8,19,27H,9-14H2. The number of rotatable bonds is 5. The van der Waals surface area contributed by atoms with Gasteiger partial charge in [0.15, 0.2) is 0 Å². The molecule has 27 heavy (non-hydrogen) atoms. The molecule has 3 rings (SSSR count). The zero-order valence-electron chi connectivity index (χ0n) is 14.8. The average molecular weight is 382 g/mol. The van der Waals surface area contributed by atoms with E-state index in [0.29, 0.717) is 44.7 Å². The predicted octanol–water partition coefficient (Wildman–Crippen LogP) is 4.09. The van der Waals surface area contributed by atoms with E-state index in [2.05, 4.69) is 4.90 Å². The lowest BCUT2D eigenvalue weighted by Crippen LogP contribution is -2.47. The van der Waals surface area contributed by atoms with Crippen molar-refractivity contribution in [3.05, 3.63) is 65.5 Å². The molecule has 2 aromatic carbocycles. The number of aliphatic hydroxyl groups excluding tert-OH is 1. The van der Waals surface area contributed by atoms with E-state index in [-0.39, 0.29) is 11.5 Å². The molecule has 0 bridgehead atoms. The highest BCUT2D eigenvalue weighted by Gasteiger charge is 2.35. The molecule has 2 aromatic rings. The molecule has 0 aliphatic carbocycles. The number of hydrogen-bond donors (Lipinski definition) is 1. The van der Waals surface area contributed by atoms with Crippen LogP contribution < -0.4 is 4.90 Å². The van der Waals surface area contributed by atoms with E-state index in [1.807, 2.05) is 0 Å². The van der Waals surface area contributed by atoms with Gasteiger partial charge in [-0.15, -0.1) is 0 Å².